The highest BCUT2D eigenvalue weighted by Crippen LogP contribution is 2.36. The Bertz CT molecular complexity index is 307. The molecule has 3 fully saturated rings. The molecular weight excluding hydrogens is 246 g/mol. The first kappa shape index (κ1) is 14.8. The zero-order valence-electron chi connectivity index (χ0n) is 13.3. The van der Waals surface area contributed by atoms with Crippen molar-refractivity contribution in [2.75, 3.05) is 32.7 Å². The van der Waals surface area contributed by atoms with Gasteiger partial charge in [-0.1, -0.05) is 26.2 Å². The molecule has 2 aliphatic heterocycles. The summed E-state index contributed by atoms with van der Waals surface area (Å²) in [7, 11) is 0. The molecule has 116 valence electrons. The predicted molar refractivity (Wildman–Crippen MR) is 84.7 cm³/mol. The van der Waals surface area contributed by atoms with E-state index < -0.39 is 0 Å². The molecule has 3 rings (SSSR count). The first-order valence-corrected chi connectivity index (χ1v) is 9.00. The summed E-state index contributed by atoms with van der Waals surface area (Å²) in [6, 6.07) is 1.64. The summed E-state index contributed by atoms with van der Waals surface area (Å²) < 4.78 is 0. The van der Waals surface area contributed by atoms with Crippen LogP contribution in [-0.2, 0) is 0 Å². The zero-order chi connectivity index (χ0) is 13.9. The Morgan fingerprint density at radius 2 is 1.90 bits per heavy atom. The van der Waals surface area contributed by atoms with Crippen LogP contribution in [0.5, 0.6) is 0 Å². The highest BCUT2D eigenvalue weighted by molar-refractivity contribution is 4.94. The van der Waals surface area contributed by atoms with E-state index in [1.807, 2.05) is 0 Å². The average molecular weight is 279 g/mol. The SMILES string of the molecule is CCCC1CCC(CN)C(N2CCN3CCCC3C2)C1. The molecule has 0 aromatic heterocycles. The van der Waals surface area contributed by atoms with E-state index >= 15 is 0 Å². The average Bonchev–Trinajstić information content (AvgIpc) is 2.95. The molecule has 4 unspecified atom stereocenters. The van der Waals surface area contributed by atoms with Gasteiger partial charge in [-0.05, 0) is 50.6 Å². The van der Waals surface area contributed by atoms with Gasteiger partial charge in [-0.15, -0.1) is 0 Å². The summed E-state index contributed by atoms with van der Waals surface area (Å²) in [5.41, 5.74) is 6.09. The third kappa shape index (κ3) is 3.05. The second-order valence-corrected chi connectivity index (χ2v) is 7.36. The smallest absolute Gasteiger partial charge is 0.0224 e. The van der Waals surface area contributed by atoms with E-state index in [0.29, 0.717) is 0 Å². The van der Waals surface area contributed by atoms with E-state index in [9.17, 15) is 0 Å². The van der Waals surface area contributed by atoms with Crippen molar-refractivity contribution < 1.29 is 0 Å². The number of fused-ring (bicyclic) bond motifs is 1. The van der Waals surface area contributed by atoms with Crippen LogP contribution in [0.25, 0.3) is 0 Å². The van der Waals surface area contributed by atoms with E-state index in [4.69, 9.17) is 5.73 Å². The minimum absolute atomic E-state index is 0.760. The molecule has 20 heavy (non-hydrogen) atoms. The van der Waals surface area contributed by atoms with Crippen LogP contribution in [0.2, 0.25) is 0 Å². The number of piperazine rings is 1. The minimum Gasteiger partial charge on any atom is -0.330 e. The van der Waals surface area contributed by atoms with Crippen LogP contribution in [0.1, 0.15) is 51.9 Å². The highest BCUT2D eigenvalue weighted by atomic mass is 15.3. The molecular formula is C17H33N3. The van der Waals surface area contributed by atoms with Gasteiger partial charge < -0.3 is 5.73 Å². The maximum absolute atomic E-state index is 6.09. The molecule has 0 amide bonds. The van der Waals surface area contributed by atoms with Gasteiger partial charge in [-0.25, -0.2) is 0 Å². The van der Waals surface area contributed by atoms with E-state index in [0.717, 1.165) is 30.5 Å². The number of nitrogens with zero attached hydrogens (tertiary/aromatic N) is 2. The molecule has 2 heterocycles. The first-order valence-electron chi connectivity index (χ1n) is 9.00. The number of nitrogens with two attached hydrogens (primary N) is 1. The van der Waals surface area contributed by atoms with Crippen molar-refractivity contribution >= 4 is 0 Å². The molecule has 3 heteroatoms. The van der Waals surface area contributed by atoms with Crippen molar-refractivity contribution in [3.63, 3.8) is 0 Å². The molecule has 0 aromatic rings. The van der Waals surface area contributed by atoms with Crippen LogP contribution in [-0.4, -0.2) is 54.6 Å². The second kappa shape index (κ2) is 6.76. The lowest BCUT2D eigenvalue weighted by molar-refractivity contribution is 0.0205. The zero-order valence-corrected chi connectivity index (χ0v) is 13.3. The number of rotatable bonds is 4. The number of hydrogen-bond donors (Lipinski definition) is 1. The van der Waals surface area contributed by atoms with Crippen LogP contribution in [0.3, 0.4) is 0 Å². The summed E-state index contributed by atoms with van der Waals surface area (Å²) in [5.74, 6) is 1.73. The molecule has 0 aromatic carbocycles. The Balaban J connectivity index is 1.62. The lowest BCUT2D eigenvalue weighted by Gasteiger charge is -2.47. The summed E-state index contributed by atoms with van der Waals surface area (Å²) in [6.45, 7) is 8.49. The van der Waals surface area contributed by atoms with Gasteiger partial charge in [0.1, 0.15) is 0 Å². The molecule has 0 spiro atoms. The van der Waals surface area contributed by atoms with E-state index in [1.165, 1.54) is 71.1 Å². The van der Waals surface area contributed by atoms with Crippen LogP contribution in [0.15, 0.2) is 0 Å². The van der Waals surface area contributed by atoms with Gasteiger partial charge in [0.25, 0.3) is 0 Å². The van der Waals surface area contributed by atoms with Crippen molar-refractivity contribution in [1.29, 1.82) is 0 Å². The second-order valence-electron chi connectivity index (χ2n) is 7.36. The topological polar surface area (TPSA) is 32.5 Å². The maximum Gasteiger partial charge on any atom is 0.0224 e. The van der Waals surface area contributed by atoms with Crippen LogP contribution >= 0.6 is 0 Å². The standard InChI is InChI=1S/C17H33N3/c1-2-4-14-6-7-15(12-18)17(11-14)20-10-9-19-8-3-5-16(19)13-20/h14-17H,2-13,18H2,1H3. The summed E-state index contributed by atoms with van der Waals surface area (Å²) in [5, 5.41) is 0. The van der Waals surface area contributed by atoms with Crippen molar-refractivity contribution in [2.24, 2.45) is 17.6 Å². The third-order valence-corrected chi connectivity index (χ3v) is 6.15. The molecule has 1 saturated carbocycles. The molecule has 0 bridgehead atoms. The molecule has 3 nitrogen and oxygen atoms in total. The fourth-order valence-corrected chi connectivity index (χ4v) is 5.00. The maximum atomic E-state index is 6.09. The summed E-state index contributed by atoms with van der Waals surface area (Å²) >= 11 is 0. The van der Waals surface area contributed by atoms with Gasteiger partial charge in [0, 0.05) is 31.7 Å². The van der Waals surface area contributed by atoms with Crippen molar-refractivity contribution in [2.45, 2.75) is 64.0 Å². The highest BCUT2D eigenvalue weighted by Gasteiger charge is 2.38. The molecule has 4 atom stereocenters. The van der Waals surface area contributed by atoms with E-state index in [-0.39, 0.29) is 0 Å². The molecule has 2 saturated heterocycles. The lowest BCUT2D eigenvalue weighted by Crippen LogP contribution is -2.57. The Morgan fingerprint density at radius 3 is 2.70 bits per heavy atom. The Labute approximate surface area is 124 Å². The summed E-state index contributed by atoms with van der Waals surface area (Å²) in [4.78, 5) is 5.55. The Morgan fingerprint density at radius 1 is 1.05 bits per heavy atom. The monoisotopic (exact) mass is 279 g/mol. The van der Waals surface area contributed by atoms with E-state index in [2.05, 4.69) is 16.7 Å². The lowest BCUT2D eigenvalue weighted by atomic mass is 9.75. The van der Waals surface area contributed by atoms with Gasteiger partial charge in [0.15, 0.2) is 0 Å². The van der Waals surface area contributed by atoms with Gasteiger partial charge in [0.05, 0.1) is 0 Å². The Hall–Kier alpha value is -0.120. The van der Waals surface area contributed by atoms with Crippen molar-refractivity contribution in [3.05, 3.63) is 0 Å². The Kier molecular flexibility index (Phi) is 5.00. The quantitative estimate of drug-likeness (QED) is 0.857. The minimum atomic E-state index is 0.760. The molecule has 2 N–H and O–H groups in total. The molecule has 1 aliphatic carbocycles. The van der Waals surface area contributed by atoms with Gasteiger partial charge in [0.2, 0.25) is 0 Å². The molecule has 0 radical (unpaired) electrons. The van der Waals surface area contributed by atoms with Gasteiger partial charge >= 0.3 is 0 Å². The third-order valence-electron chi connectivity index (χ3n) is 6.15. The first-order chi connectivity index (χ1) is 9.81. The summed E-state index contributed by atoms with van der Waals surface area (Å²) in [6.07, 6.45) is 9.84. The van der Waals surface area contributed by atoms with Gasteiger partial charge in [-0.2, -0.15) is 0 Å². The largest absolute Gasteiger partial charge is 0.330 e. The van der Waals surface area contributed by atoms with Crippen LogP contribution in [0, 0.1) is 11.8 Å². The fraction of sp³-hybridized carbons (Fsp3) is 1.00. The van der Waals surface area contributed by atoms with Crippen molar-refractivity contribution in [1.82, 2.24) is 9.80 Å². The van der Waals surface area contributed by atoms with Crippen molar-refractivity contribution in [3.8, 4) is 0 Å². The van der Waals surface area contributed by atoms with Crippen LogP contribution < -0.4 is 5.73 Å². The normalized spacial score (nSPS) is 39.9. The number of hydrogen-bond acceptors (Lipinski definition) is 3. The van der Waals surface area contributed by atoms with Crippen LogP contribution in [0.4, 0.5) is 0 Å². The fourth-order valence-electron chi connectivity index (χ4n) is 5.00. The predicted octanol–water partition coefficient (Wildman–Crippen LogP) is 2.31. The molecule has 3 aliphatic rings. The van der Waals surface area contributed by atoms with Gasteiger partial charge in [-0.3, -0.25) is 9.80 Å². The van der Waals surface area contributed by atoms with E-state index in [1.54, 1.807) is 0 Å².